The van der Waals surface area contributed by atoms with Crippen molar-refractivity contribution in [3.05, 3.63) is 47.4 Å². The highest BCUT2D eigenvalue weighted by Gasteiger charge is 1.99. The van der Waals surface area contributed by atoms with Crippen LogP contribution in [-0.2, 0) is 6.54 Å². The van der Waals surface area contributed by atoms with Crippen LogP contribution in [-0.4, -0.2) is 0 Å². The molecule has 0 fully saturated rings. The quantitative estimate of drug-likeness (QED) is 0.752. The van der Waals surface area contributed by atoms with Gasteiger partial charge in [-0.1, -0.05) is 12.6 Å². The molecular weight excluding hydrogens is 165 g/mol. The van der Waals surface area contributed by atoms with Gasteiger partial charge < -0.3 is 5.32 Å². The molecule has 0 heterocycles. The highest BCUT2D eigenvalue weighted by molar-refractivity contribution is 5.26. The minimum Gasteiger partial charge on any atom is -0.385 e. The van der Waals surface area contributed by atoms with Crippen LogP contribution in [0.5, 0.6) is 0 Å². The largest absolute Gasteiger partial charge is 0.385 e. The molecule has 1 N–H and O–H groups in total. The maximum atomic E-state index is 12.8. The first-order valence-electron chi connectivity index (χ1n) is 4.24. The van der Waals surface area contributed by atoms with Gasteiger partial charge in [0.15, 0.2) is 0 Å². The Kier molecular flexibility index (Phi) is 3.07. The maximum absolute atomic E-state index is 12.8. The molecule has 2 heteroatoms. The number of rotatable bonds is 3. The van der Waals surface area contributed by atoms with Crippen molar-refractivity contribution in [1.82, 2.24) is 5.32 Å². The molecule has 0 aromatic heterocycles. The van der Waals surface area contributed by atoms with Gasteiger partial charge in [0.05, 0.1) is 0 Å². The van der Waals surface area contributed by atoms with Crippen molar-refractivity contribution < 1.29 is 4.39 Å². The Morgan fingerprint density at radius 2 is 2.23 bits per heavy atom. The van der Waals surface area contributed by atoms with Crippen LogP contribution in [0.15, 0.2) is 30.5 Å². The van der Waals surface area contributed by atoms with Crippen molar-refractivity contribution in [2.45, 2.75) is 20.4 Å². The lowest BCUT2D eigenvalue weighted by molar-refractivity contribution is 0.623. The summed E-state index contributed by atoms with van der Waals surface area (Å²) in [6.45, 7) is 8.21. The molecule has 0 unspecified atom stereocenters. The summed E-state index contributed by atoms with van der Waals surface area (Å²) in [6.07, 6.45) is 0. The second-order valence-corrected chi connectivity index (χ2v) is 3.20. The fourth-order valence-corrected chi connectivity index (χ4v) is 1.08. The van der Waals surface area contributed by atoms with Gasteiger partial charge in [0.2, 0.25) is 0 Å². The van der Waals surface area contributed by atoms with E-state index >= 15 is 0 Å². The van der Waals surface area contributed by atoms with Crippen LogP contribution < -0.4 is 5.32 Å². The van der Waals surface area contributed by atoms with Gasteiger partial charge in [0.1, 0.15) is 5.82 Å². The second-order valence-electron chi connectivity index (χ2n) is 3.20. The Bertz CT molecular complexity index is 318. The van der Waals surface area contributed by atoms with Crippen LogP contribution in [0.4, 0.5) is 4.39 Å². The first kappa shape index (κ1) is 9.78. The standard InChI is InChI=1S/C11H14FN/c1-8(2)13-7-10-6-11(12)5-4-9(10)3/h4-6,13H,1,7H2,2-3H3. The third-order valence-corrected chi connectivity index (χ3v) is 1.89. The SMILES string of the molecule is C=C(C)NCc1cc(F)ccc1C. The Labute approximate surface area is 78.3 Å². The fraction of sp³-hybridized carbons (Fsp3) is 0.273. The number of allylic oxidation sites excluding steroid dienone is 1. The minimum atomic E-state index is -0.191. The summed E-state index contributed by atoms with van der Waals surface area (Å²) in [5, 5.41) is 3.07. The van der Waals surface area contributed by atoms with Gasteiger partial charge in [-0.2, -0.15) is 0 Å². The summed E-state index contributed by atoms with van der Waals surface area (Å²) in [4.78, 5) is 0. The van der Waals surface area contributed by atoms with E-state index in [2.05, 4.69) is 11.9 Å². The lowest BCUT2D eigenvalue weighted by Gasteiger charge is -2.08. The van der Waals surface area contributed by atoms with Gasteiger partial charge in [-0.05, 0) is 37.1 Å². The Morgan fingerprint density at radius 3 is 2.85 bits per heavy atom. The van der Waals surface area contributed by atoms with Crippen molar-refractivity contribution in [2.75, 3.05) is 0 Å². The van der Waals surface area contributed by atoms with E-state index in [9.17, 15) is 4.39 Å². The van der Waals surface area contributed by atoms with Crippen molar-refractivity contribution in [3.63, 3.8) is 0 Å². The smallest absolute Gasteiger partial charge is 0.123 e. The van der Waals surface area contributed by atoms with Gasteiger partial charge in [-0.3, -0.25) is 0 Å². The van der Waals surface area contributed by atoms with Crippen LogP contribution in [0.2, 0.25) is 0 Å². The first-order valence-corrected chi connectivity index (χ1v) is 4.24. The molecule has 0 radical (unpaired) electrons. The lowest BCUT2D eigenvalue weighted by Crippen LogP contribution is -2.10. The van der Waals surface area contributed by atoms with Crippen LogP contribution in [0.25, 0.3) is 0 Å². The van der Waals surface area contributed by atoms with Crippen LogP contribution in [0, 0.1) is 12.7 Å². The highest BCUT2D eigenvalue weighted by atomic mass is 19.1. The molecule has 1 nitrogen and oxygen atoms in total. The summed E-state index contributed by atoms with van der Waals surface area (Å²) in [5.74, 6) is -0.191. The average Bonchev–Trinajstić information content (AvgIpc) is 2.06. The molecule has 0 spiro atoms. The summed E-state index contributed by atoms with van der Waals surface area (Å²) in [7, 11) is 0. The van der Waals surface area contributed by atoms with Crippen LogP contribution in [0.1, 0.15) is 18.1 Å². The lowest BCUT2D eigenvalue weighted by atomic mass is 10.1. The number of nitrogens with one attached hydrogen (secondary N) is 1. The fourth-order valence-electron chi connectivity index (χ4n) is 1.08. The predicted octanol–water partition coefficient (Wildman–Crippen LogP) is 2.76. The van der Waals surface area contributed by atoms with Gasteiger partial charge in [0.25, 0.3) is 0 Å². The number of hydrogen-bond donors (Lipinski definition) is 1. The Morgan fingerprint density at radius 1 is 1.54 bits per heavy atom. The second kappa shape index (κ2) is 4.08. The molecule has 0 saturated carbocycles. The highest BCUT2D eigenvalue weighted by Crippen LogP contribution is 2.09. The van der Waals surface area contributed by atoms with Crippen molar-refractivity contribution in [1.29, 1.82) is 0 Å². The van der Waals surface area contributed by atoms with E-state index in [-0.39, 0.29) is 5.82 Å². The first-order chi connectivity index (χ1) is 6.09. The van der Waals surface area contributed by atoms with E-state index in [1.54, 1.807) is 12.1 Å². The summed E-state index contributed by atoms with van der Waals surface area (Å²) in [6, 6.07) is 4.80. The molecule has 0 bridgehead atoms. The molecule has 0 saturated heterocycles. The predicted molar refractivity (Wildman–Crippen MR) is 52.8 cm³/mol. The number of benzene rings is 1. The zero-order valence-electron chi connectivity index (χ0n) is 8.02. The maximum Gasteiger partial charge on any atom is 0.123 e. The molecule has 0 aliphatic rings. The topological polar surface area (TPSA) is 12.0 Å². The number of halogens is 1. The van der Waals surface area contributed by atoms with E-state index in [1.165, 1.54) is 6.07 Å². The van der Waals surface area contributed by atoms with E-state index in [0.29, 0.717) is 6.54 Å². The van der Waals surface area contributed by atoms with E-state index in [4.69, 9.17) is 0 Å². The molecule has 1 rings (SSSR count). The average molecular weight is 179 g/mol. The van der Waals surface area contributed by atoms with E-state index in [1.807, 2.05) is 13.8 Å². The monoisotopic (exact) mass is 179 g/mol. The van der Waals surface area contributed by atoms with Crippen LogP contribution in [0.3, 0.4) is 0 Å². The molecular formula is C11H14FN. The Hall–Kier alpha value is -1.31. The van der Waals surface area contributed by atoms with Crippen molar-refractivity contribution in [3.8, 4) is 0 Å². The number of hydrogen-bond acceptors (Lipinski definition) is 1. The van der Waals surface area contributed by atoms with Crippen LogP contribution >= 0.6 is 0 Å². The molecule has 1 aromatic carbocycles. The normalized spacial score (nSPS) is 9.77. The molecule has 0 amide bonds. The molecule has 1 aromatic rings. The van der Waals surface area contributed by atoms with Crippen molar-refractivity contribution in [2.24, 2.45) is 0 Å². The number of aryl methyl sites for hydroxylation is 1. The third-order valence-electron chi connectivity index (χ3n) is 1.89. The summed E-state index contributed by atoms with van der Waals surface area (Å²) >= 11 is 0. The third kappa shape index (κ3) is 2.90. The molecule has 0 aliphatic heterocycles. The molecule has 70 valence electrons. The van der Waals surface area contributed by atoms with E-state index in [0.717, 1.165) is 16.8 Å². The van der Waals surface area contributed by atoms with Gasteiger partial charge in [-0.15, -0.1) is 0 Å². The Balaban J connectivity index is 2.75. The van der Waals surface area contributed by atoms with Gasteiger partial charge in [0, 0.05) is 12.2 Å². The zero-order valence-corrected chi connectivity index (χ0v) is 8.02. The molecule has 0 atom stereocenters. The van der Waals surface area contributed by atoms with E-state index < -0.39 is 0 Å². The van der Waals surface area contributed by atoms with Gasteiger partial charge in [-0.25, -0.2) is 4.39 Å². The zero-order chi connectivity index (χ0) is 9.84. The molecule has 13 heavy (non-hydrogen) atoms. The summed E-state index contributed by atoms with van der Waals surface area (Å²) in [5.41, 5.74) is 2.96. The molecule has 0 aliphatic carbocycles. The minimum absolute atomic E-state index is 0.191. The summed E-state index contributed by atoms with van der Waals surface area (Å²) < 4.78 is 12.8. The van der Waals surface area contributed by atoms with Gasteiger partial charge >= 0.3 is 0 Å². The van der Waals surface area contributed by atoms with Crippen molar-refractivity contribution >= 4 is 0 Å².